The first kappa shape index (κ1) is 16.0. The predicted octanol–water partition coefficient (Wildman–Crippen LogP) is 2.79. The number of nitrogens with one attached hydrogen (secondary N) is 2. The van der Waals surface area contributed by atoms with E-state index >= 15 is 0 Å². The van der Waals surface area contributed by atoms with Gasteiger partial charge in [0, 0.05) is 30.6 Å². The molecule has 0 bridgehead atoms. The summed E-state index contributed by atoms with van der Waals surface area (Å²) in [5.41, 5.74) is 0.364. The second-order valence-electron chi connectivity index (χ2n) is 8.40. The van der Waals surface area contributed by atoms with Crippen LogP contribution in [0.3, 0.4) is 0 Å². The lowest BCUT2D eigenvalue weighted by molar-refractivity contribution is 0.0685. The Balaban J connectivity index is 1.69. The van der Waals surface area contributed by atoms with E-state index < -0.39 is 0 Å². The van der Waals surface area contributed by atoms with Crippen molar-refractivity contribution in [1.82, 2.24) is 15.5 Å². The lowest BCUT2D eigenvalue weighted by Crippen LogP contribution is -2.56. The first-order chi connectivity index (χ1) is 9.95. The van der Waals surface area contributed by atoms with Gasteiger partial charge in [-0.1, -0.05) is 20.8 Å². The van der Waals surface area contributed by atoms with Crippen molar-refractivity contribution in [3.63, 3.8) is 0 Å². The minimum Gasteiger partial charge on any atom is -0.311 e. The topological polar surface area (TPSA) is 27.3 Å². The van der Waals surface area contributed by atoms with E-state index in [1.807, 2.05) is 0 Å². The van der Waals surface area contributed by atoms with Gasteiger partial charge in [-0.3, -0.25) is 4.90 Å². The van der Waals surface area contributed by atoms with Crippen LogP contribution >= 0.6 is 11.6 Å². The van der Waals surface area contributed by atoms with Crippen LogP contribution in [0.2, 0.25) is 0 Å². The molecule has 0 spiro atoms. The molecule has 3 nitrogen and oxygen atoms in total. The van der Waals surface area contributed by atoms with Crippen LogP contribution in [0, 0.1) is 11.3 Å². The van der Waals surface area contributed by atoms with E-state index in [2.05, 4.69) is 36.3 Å². The summed E-state index contributed by atoms with van der Waals surface area (Å²) >= 11 is 6.22. The summed E-state index contributed by atoms with van der Waals surface area (Å²) < 4.78 is 0. The Kier molecular flexibility index (Phi) is 4.85. The van der Waals surface area contributed by atoms with Gasteiger partial charge in [-0.25, -0.2) is 0 Å². The van der Waals surface area contributed by atoms with Crippen LogP contribution in [0.25, 0.3) is 0 Å². The minimum atomic E-state index is 0.332. The van der Waals surface area contributed by atoms with Gasteiger partial charge in [0.2, 0.25) is 0 Å². The summed E-state index contributed by atoms with van der Waals surface area (Å²) in [7, 11) is 0. The molecule has 3 aliphatic rings. The van der Waals surface area contributed by atoms with Crippen molar-refractivity contribution in [2.75, 3.05) is 19.6 Å². The van der Waals surface area contributed by atoms with Crippen LogP contribution in [-0.2, 0) is 0 Å². The van der Waals surface area contributed by atoms with Gasteiger partial charge in [0.15, 0.2) is 0 Å². The molecule has 5 unspecified atom stereocenters. The zero-order chi connectivity index (χ0) is 15.0. The Bertz CT molecular complexity index is 346. The standard InChI is InChI=1S/C17H32ClN3/c1-17(2,3)15-9-12-5-4-8-19-16(12)21(15)11-14-7-6-13(18)10-20-14/h12-16,19-20H,4-11H2,1-3H3. The fourth-order valence-corrected chi connectivity index (χ4v) is 4.79. The Hall–Kier alpha value is 0.170. The highest BCUT2D eigenvalue weighted by molar-refractivity contribution is 6.20. The normalized spacial score (nSPS) is 42.0. The Morgan fingerprint density at radius 2 is 1.95 bits per heavy atom. The number of alkyl halides is 1. The van der Waals surface area contributed by atoms with Crippen molar-refractivity contribution < 1.29 is 0 Å². The molecule has 21 heavy (non-hydrogen) atoms. The maximum absolute atomic E-state index is 6.22. The van der Waals surface area contributed by atoms with Crippen molar-refractivity contribution in [3.05, 3.63) is 0 Å². The molecule has 0 radical (unpaired) electrons. The molecule has 3 rings (SSSR count). The SMILES string of the molecule is CC(C)(C)C1CC2CCCNC2N1CC1CCC(Cl)CN1. The smallest absolute Gasteiger partial charge is 0.0629 e. The quantitative estimate of drug-likeness (QED) is 0.768. The van der Waals surface area contributed by atoms with Crippen LogP contribution in [0.5, 0.6) is 0 Å². The molecular formula is C17H32ClN3. The summed E-state index contributed by atoms with van der Waals surface area (Å²) in [6.07, 6.45) is 7.11. The van der Waals surface area contributed by atoms with Gasteiger partial charge in [-0.2, -0.15) is 0 Å². The molecule has 0 aromatic heterocycles. The van der Waals surface area contributed by atoms with E-state index in [0.29, 0.717) is 29.0 Å². The Morgan fingerprint density at radius 3 is 2.62 bits per heavy atom. The molecular weight excluding hydrogens is 282 g/mol. The molecule has 122 valence electrons. The van der Waals surface area contributed by atoms with E-state index in [9.17, 15) is 0 Å². The number of halogens is 1. The third-order valence-electron chi connectivity index (χ3n) is 5.72. The van der Waals surface area contributed by atoms with Gasteiger partial charge in [-0.15, -0.1) is 11.6 Å². The molecule has 4 heteroatoms. The summed E-state index contributed by atoms with van der Waals surface area (Å²) in [6, 6.07) is 1.32. The lowest BCUT2D eigenvalue weighted by atomic mass is 9.82. The average Bonchev–Trinajstić information content (AvgIpc) is 2.81. The Labute approximate surface area is 135 Å². The highest BCUT2D eigenvalue weighted by atomic mass is 35.5. The monoisotopic (exact) mass is 313 g/mol. The Morgan fingerprint density at radius 1 is 1.14 bits per heavy atom. The van der Waals surface area contributed by atoms with E-state index in [-0.39, 0.29) is 0 Å². The van der Waals surface area contributed by atoms with E-state index in [0.717, 1.165) is 18.9 Å². The van der Waals surface area contributed by atoms with Crippen molar-refractivity contribution >= 4 is 11.6 Å². The zero-order valence-corrected chi connectivity index (χ0v) is 14.6. The third-order valence-corrected chi connectivity index (χ3v) is 6.10. The van der Waals surface area contributed by atoms with Gasteiger partial charge >= 0.3 is 0 Å². The summed E-state index contributed by atoms with van der Waals surface area (Å²) in [5.74, 6) is 0.854. The van der Waals surface area contributed by atoms with Gasteiger partial charge in [-0.05, 0) is 50.0 Å². The molecule has 0 aromatic carbocycles. The van der Waals surface area contributed by atoms with Crippen molar-refractivity contribution in [2.45, 2.75) is 76.5 Å². The highest BCUT2D eigenvalue weighted by Crippen LogP contribution is 2.41. The predicted molar refractivity (Wildman–Crippen MR) is 89.7 cm³/mol. The van der Waals surface area contributed by atoms with E-state index in [1.165, 1.54) is 38.8 Å². The molecule has 2 N–H and O–H groups in total. The van der Waals surface area contributed by atoms with Gasteiger partial charge in [0.05, 0.1) is 6.17 Å². The average molecular weight is 314 g/mol. The summed E-state index contributed by atoms with van der Waals surface area (Å²) in [6.45, 7) is 10.6. The first-order valence-electron chi connectivity index (χ1n) is 8.82. The van der Waals surface area contributed by atoms with Gasteiger partial charge < -0.3 is 10.6 Å². The van der Waals surface area contributed by atoms with E-state index in [4.69, 9.17) is 11.6 Å². The maximum atomic E-state index is 6.22. The molecule has 3 aliphatic heterocycles. The molecule has 3 heterocycles. The van der Waals surface area contributed by atoms with Crippen LogP contribution in [0.4, 0.5) is 0 Å². The fraction of sp³-hybridized carbons (Fsp3) is 1.00. The number of hydrogen-bond donors (Lipinski definition) is 2. The number of likely N-dealkylation sites (tertiary alicyclic amines) is 1. The van der Waals surface area contributed by atoms with Crippen molar-refractivity contribution in [1.29, 1.82) is 0 Å². The van der Waals surface area contributed by atoms with Crippen LogP contribution in [0.15, 0.2) is 0 Å². The molecule has 0 amide bonds. The molecule has 3 saturated heterocycles. The van der Waals surface area contributed by atoms with Crippen LogP contribution < -0.4 is 10.6 Å². The molecule has 0 aromatic rings. The fourth-order valence-electron chi connectivity index (χ4n) is 4.57. The largest absolute Gasteiger partial charge is 0.311 e. The summed E-state index contributed by atoms with van der Waals surface area (Å²) in [5, 5.41) is 7.80. The molecule has 3 fully saturated rings. The van der Waals surface area contributed by atoms with Crippen molar-refractivity contribution in [2.24, 2.45) is 11.3 Å². The number of hydrogen-bond acceptors (Lipinski definition) is 3. The second-order valence-corrected chi connectivity index (χ2v) is 9.01. The summed E-state index contributed by atoms with van der Waals surface area (Å²) in [4.78, 5) is 2.79. The number of rotatable bonds is 2. The van der Waals surface area contributed by atoms with Crippen LogP contribution in [0.1, 0.15) is 52.9 Å². The second kappa shape index (κ2) is 6.35. The molecule has 0 saturated carbocycles. The third kappa shape index (κ3) is 3.57. The van der Waals surface area contributed by atoms with Gasteiger partial charge in [0.1, 0.15) is 0 Å². The minimum absolute atomic E-state index is 0.332. The number of nitrogens with zero attached hydrogens (tertiary/aromatic N) is 1. The molecule has 0 aliphatic carbocycles. The lowest BCUT2D eigenvalue weighted by Gasteiger charge is -2.42. The van der Waals surface area contributed by atoms with E-state index in [1.54, 1.807) is 0 Å². The highest BCUT2D eigenvalue weighted by Gasteiger charge is 2.46. The molecule has 5 atom stereocenters. The van der Waals surface area contributed by atoms with Crippen LogP contribution in [-0.4, -0.2) is 48.2 Å². The van der Waals surface area contributed by atoms with Crippen molar-refractivity contribution in [3.8, 4) is 0 Å². The first-order valence-corrected chi connectivity index (χ1v) is 9.25. The number of piperidine rings is 2. The number of fused-ring (bicyclic) bond motifs is 1. The zero-order valence-electron chi connectivity index (χ0n) is 13.9. The van der Waals surface area contributed by atoms with Gasteiger partial charge in [0.25, 0.3) is 0 Å². The maximum Gasteiger partial charge on any atom is 0.0629 e.